The molecule has 1 aromatic rings. The van der Waals surface area contributed by atoms with Gasteiger partial charge in [0.2, 0.25) is 5.91 Å². The second-order valence-electron chi connectivity index (χ2n) is 6.89. The first kappa shape index (κ1) is 15.1. The van der Waals surface area contributed by atoms with Crippen molar-refractivity contribution in [1.29, 1.82) is 0 Å². The Bertz CT molecular complexity index is 428. The number of carbonyl (C=O) groups excluding carboxylic acids is 1. The lowest BCUT2D eigenvalue weighted by atomic mass is 10.1. The zero-order valence-corrected chi connectivity index (χ0v) is 13.2. The molecule has 1 saturated carbocycles. The zero-order valence-electron chi connectivity index (χ0n) is 13.2. The van der Waals surface area contributed by atoms with Gasteiger partial charge in [0.05, 0.1) is 0 Å². The molecule has 2 rings (SSSR count). The lowest BCUT2D eigenvalue weighted by Crippen LogP contribution is -2.38. The van der Waals surface area contributed by atoms with Gasteiger partial charge >= 0.3 is 0 Å². The van der Waals surface area contributed by atoms with Crippen molar-refractivity contribution in [3.63, 3.8) is 0 Å². The number of benzene rings is 1. The third-order valence-electron chi connectivity index (χ3n) is 3.82. The average Bonchev–Trinajstić information content (AvgIpc) is 3.17. The van der Waals surface area contributed by atoms with E-state index in [0.29, 0.717) is 23.7 Å². The SMILES string of the molecule is CC(C)CN(CC(C)C)C(=O)[C@@H]1C[C@@H]1c1ccccc1. The molecule has 2 atom stereocenters. The fraction of sp³-hybridized carbons (Fsp3) is 0.611. The van der Waals surface area contributed by atoms with Gasteiger partial charge < -0.3 is 4.90 Å². The molecule has 1 aliphatic carbocycles. The Kier molecular flexibility index (Phi) is 4.85. The molecule has 0 spiro atoms. The Balaban J connectivity index is 1.99. The maximum Gasteiger partial charge on any atom is 0.226 e. The average molecular weight is 273 g/mol. The van der Waals surface area contributed by atoms with E-state index in [9.17, 15) is 4.79 Å². The summed E-state index contributed by atoms with van der Waals surface area (Å²) in [7, 11) is 0. The summed E-state index contributed by atoms with van der Waals surface area (Å²) < 4.78 is 0. The van der Waals surface area contributed by atoms with E-state index in [-0.39, 0.29) is 5.92 Å². The van der Waals surface area contributed by atoms with E-state index in [0.717, 1.165) is 19.5 Å². The first-order valence-electron chi connectivity index (χ1n) is 7.82. The van der Waals surface area contributed by atoms with Gasteiger partial charge in [-0.15, -0.1) is 0 Å². The van der Waals surface area contributed by atoms with Gasteiger partial charge in [0.15, 0.2) is 0 Å². The molecule has 1 aliphatic rings. The number of nitrogens with zero attached hydrogens (tertiary/aromatic N) is 1. The Morgan fingerprint density at radius 3 is 2.15 bits per heavy atom. The summed E-state index contributed by atoms with van der Waals surface area (Å²) in [6.45, 7) is 10.5. The van der Waals surface area contributed by atoms with Gasteiger partial charge in [0.25, 0.3) is 0 Å². The van der Waals surface area contributed by atoms with E-state index in [4.69, 9.17) is 0 Å². The molecule has 0 heterocycles. The molecule has 0 unspecified atom stereocenters. The lowest BCUT2D eigenvalue weighted by Gasteiger charge is -2.26. The molecule has 0 radical (unpaired) electrons. The molecule has 0 bridgehead atoms. The molecule has 2 heteroatoms. The number of hydrogen-bond acceptors (Lipinski definition) is 1. The number of rotatable bonds is 6. The van der Waals surface area contributed by atoms with Crippen molar-refractivity contribution in [2.75, 3.05) is 13.1 Å². The predicted octanol–water partition coefficient (Wildman–Crippen LogP) is 3.93. The van der Waals surface area contributed by atoms with Crippen LogP contribution < -0.4 is 0 Å². The third kappa shape index (κ3) is 3.84. The highest BCUT2D eigenvalue weighted by Crippen LogP contribution is 2.48. The number of amides is 1. The van der Waals surface area contributed by atoms with Crippen LogP contribution in [0.4, 0.5) is 0 Å². The van der Waals surface area contributed by atoms with E-state index >= 15 is 0 Å². The van der Waals surface area contributed by atoms with Crippen LogP contribution in [0.25, 0.3) is 0 Å². The van der Waals surface area contributed by atoms with Gasteiger partial charge in [-0.3, -0.25) is 4.79 Å². The Morgan fingerprint density at radius 1 is 1.10 bits per heavy atom. The minimum Gasteiger partial charge on any atom is -0.342 e. The van der Waals surface area contributed by atoms with E-state index in [1.807, 2.05) is 6.07 Å². The van der Waals surface area contributed by atoms with Gasteiger partial charge in [0.1, 0.15) is 0 Å². The normalized spacial score (nSPS) is 21.3. The molecule has 0 saturated heterocycles. The van der Waals surface area contributed by atoms with Crippen molar-refractivity contribution in [2.45, 2.75) is 40.0 Å². The van der Waals surface area contributed by atoms with E-state index in [1.165, 1.54) is 5.56 Å². The topological polar surface area (TPSA) is 20.3 Å². The first-order chi connectivity index (χ1) is 9.49. The summed E-state index contributed by atoms with van der Waals surface area (Å²) in [6.07, 6.45) is 1.02. The minimum atomic E-state index is 0.217. The van der Waals surface area contributed by atoms with Crippen LogP contribution in [0.15, 0.2) is 30.3 Å². The van der Waals surface area contributed by atoms with Crippen molar-refractivity contribution in [1.82, 2.24) is 4.90 Å². The molecule has 1 aromatic carbocycles. The molecular formula is C18H27NO. The Labute approximate surface area is 123 Å². The Hall–Kier alpha value is -1.31. The van der Waals surface area contributed by atoms with Crippen LogP contribution in [0.3, 0.4) is 0 Å². The molecule has 20 heavy (non-hydrogen) atoms. The van der Waals surface area contributed by atoms with Crippen LogP contribution >= 0.6 is 0 Å². The van der Waals surface area contributed by atoms with E-state index in [2.05, 4.69) is 56.9 Å². The molecule has 110 valence electrons. The van der Waals surface area contributed by atoms with Gasteiger partial charge in [-0.25, -0.2) is 0 Å². The van der Waals surface area contributed by atoms with Gasteiger partial charge in [-0.05, 0) is 29.7 Å². The van der Waals surface area contributed by atoms with Gasteiger partial charge in [-0.1, -0.05) is 58.0 Å². The summed E-state index contributed by atoms with van der Waals surface area (Å²) in [5.41, 5.74) is 1.32. The smallest absolute Gasteiger partial charge is 0.226 e. The highest BCUT2D eigenvalue weighted by Gasteiger charge is 2.45. The highest BCUT2D eigenvalue weighted by molar-refractivity contribution is 5.83. The van der Waals surface area contributed by atoms with Crippen molar-refractivity contribution >= 4 is 5.91 Å². The van der Waals surface area contributed by atoms with E-state index < -0.39 is 0 Å². The van der Waals surface area contributed by atoms with Crippen LogP contribution in [0, 0.1) is 17.8 Å². The standard InChI is InChI=1S/C18H27NO/c1-13(2)11-19(12-14(3)4)18(20)17-10-16(17)15-8-6-5-7-9-15/h5-9,13-14,16-17H,10-12H2,1-4H3/t16-,17-/m1/s1. The van der Waals surface area contributed by atoms with Crippen molar-refractivity contribution in [3.05, 3.63) is 35.9 Å². The molecule has 0 aliphatic heterocycles. The largest absolute Gasteiger partial charge is 0.342 e. The monoisotopic (exact) mass is 273 g/mol. The molecular weight excluding hydrogens is 246 g/mol. The molecule has 0 aromatic heterocycles. The maximum atomic E-state index is 12.7. The fourth-order valence-electron chi connectivity index (χ4n) is 2.91. The van der Waals surface area contributed by atoms with Crippen LogP contribution in [0.2, 0.25) is 0 Å². The Morgan fingerprint density at radius 2 is 1.65 bits per heavy atom. The molecule has 2 nitrogen and oxygen atoms in total. The van der Waals surface area contributed by atoms with Crippen LogP contribution in [-0.2, 0) is 4.79 Å². The van der Waals surface area contributed by atoms with Crippen molar-refractivity contribution in [2.24, 2.45) is 17.8 Å². The maximum absolute atomic E-state index is 12.7. The fourth-order valence-corrected chi connectivity index (χ4v) is 2.91. The quantitative estimate of drug-likeness (QED) is 0.769. The molecule has 1 fully saturated rings. The minimum absolute atomic E-state index is 0.217. The van der Waals surface area contributed by atoms with Gasteiger partial charge in [0, 0.05) is 19.0 Å². The van der Waals surface area contributed by atoms with Crippen LogP contribution in [0.1, 0.15) is 45.6 Å². The first-order valence-corrected chi connectivity index (χ1v) is 7.82. The zero-order chi connectivity index (χ0) is 14.7. The molecule has 0 N–H and O–H groups in total. The second kappa shape index (κ2) is 6.43. The summed E-state index contributed by atoms with van der Waals surface area (Å²) in [5.74, 6) is 2.10. The highest BCUT2D eigenvalue weighted by atomic mass is 16.2. The predicted molar refractivity (Wildman–Crippen MR) is 83.5 cm³/mol. The van der Waals surface area contributed by atoms with E-state index in [1.54, 1.807) is 0 Å². The third-order valence-corrected chi connectivity index (χ3v) is 3.82. The van der Waals surface area contributed by atoms with Crippen LogP contribution in [0.5, 0.6) is 0 Å². The summed E-state index contributed by atoms with van der Waals surface area (Å²) in [6, 6.07) is 10.5. The summed E-state index contributed by atoms with van der Waals surface area (Å²) in [4.78, 5) is 14.8. The lowest BCUT2D eigenvalue weighted by molar-refractivity contribution is -0.133. The van der Waals surface area contributed by atoms with Crippen LogP contribution in [-0.4, -0.2) is 23.9 Å². The van der Waals surface area contributed by atoms with Gasteiger partial charge in [-0.2, -0.15) is 0 Å². The summed E-state index contributed by atoms with van der Waals surface area (Å²) >= 11 is 0. The van der Waals surface area contributed by atoms with Crippen molar-refractivity contribution in [3.8, 4) is 0 Å². The number of carbonyl (C=O) groups is 1. The van der Waals surface area contributed by atoms with Crippen molar-refractivity contribution < 1.29 is 4.79 Å². The second-order valence-corrected chi connectivity index (χ2v) is 6.89. The summed E-state index contributed by atoms with van der Waals surface area (Å²) in [5, 5.41) is 0. The number of hydrogen-bond donors (Lipinski definition) is 0. The molecule has 1 amide bonds.